The van der Waals surface area contributed by atoms with Gasteiger partial charge in [-0.25, -0.2) is 0 Å². The molecule has 0 fully saturated rings. The lowest BCUT2D eigenvalue weighted by Crippen LogP contribution is -1.95. The highest BCUT2D eigenvalue weighted by atomic mass is 79.9. The van der Waals surface area contributed by atoms with Gasteiger partial charge in [0.15, 0.2) is 22.5 Å². The molecule has 3 aromatic rings. The largest absolute Gasteiger partial charge is 0.454 e. The third-order valence-electron chi connectivity index (χ3n) is 3.77. The van der Waals surface area contributed by atoms with Gasteiger partial charge in [0.25, 0.3) is 0 Å². The van der Waals surface area contributed by atoms with Crippen LogP contribution in [0.1, 0.15) is 5.56 Å². The van der Waals surface area contributed by atoms with Crippen molar-refractivity contribution in [1.82, 2.24) is 14.8 Å². The number of benzene rings is 2. The van der Waals surface area contributed by atoms with Crippen LogP contribution in [0.15, 0.2) is 52.1 Å². The van der Waals surface area contributed by atoms with Crippen LogP contribution in [0.5, 0.6) is 11.5 Å². The molecule has 0 saturated carbocycles. The Kier molecular flexibility index (Phi) is 4.20. The fourth-order valence-corrected chi connectivity index (χ4v) is 4.04. The van der Waals surface area contributed by atoms with Crippen LogP contribution in [0, 0.1) is 0 Å². The van der Waals surface area contributed by atoms with Crippen molar-refractivity contribution in [3.63, 3.8) is 0 Å². The molecule has 4 rings (SSSR count). The van der Waals surface area contributed by atoms with Gasteiger partial charge in [0.1, 0.15) is 0 Å². The van der Waals surface area contributed by atoms with Gasteiger partial charge in [-0.1, -0.05) is 58.0 Å². The van der Waals surface area contributed by atoms with Gasteiger partial charge in [-0.2, -0.15) is 0 Å². The Balaban J connectivity index is 1.54. The topological polar surface area (TPSA) is 49.2 Å². The maximum atomic E-state index is 5.45. The van der Waals surface area contributed by atoms with E-state index < -0.39 is 0 Å². The summed E-state index contributed by atoms with van der Waals surface area (Å²) in [6, 6.07) is 14.0. The molecule has 0 atom stereocenters. The van der Waals surface area contributed by atoms with Gasteiger partial charge in [-0.05, 0) is 17.7 Å². The number of rotatable bonds is 4. The lowest BCUT2D eigenvalue weighted by atomic mass is 10.2. The number of nitrogens with zero attached hydrogens (tertiary/aromatic N) is 3. The minimum absolute atomic E-state index is 0.280. The third-order valence-corrected chi connectivity index (χ3v) is 5.57. The molecule has 2 heterocycles. The molecule has 0 N–H and O–H groups in total. The van der Waals surface area contributed by atoms with Crippen LogP contribution in [-0.2, 0) is 12.8 Å². The van der Waals surface area contributed by atoms with E-state index in [0.29, 0.717) is 0 Å². The molecule has 0 bridgehead atoms. The molecule has 0 amide bonds. The van der Waals surface area contributed by atoms with Crippen molar-refractivity contribution in [3.8, 4) is 22.9 Å². The molecule has 24 heavy (non-hydrogen) atoms. The van der Waals surface area contributed by atoms with Gasteiger partial charge in [0, 0.05) is 22.8 Å². The first-order chi connectivity index (χ1) is 11.7. The first-order valence-corrected chi connectivity index (χ1v) is 9.16. The SMILES string of the molecule is Cn1c(SCc2cc3c(cc2Br)OCO3)nnc1-c1ccccc1. The molecule has 122 valence electrons. The van der Waals surface area contributed by atoms with Crippen molar-refractivity contribution in [1.29, 1.82) is 0 Å². The lowest BCUT2D eigenvalue weighted by molar-refractivity contribution is 0.174. The van der Waals surface area contributed by atoms with E-state index in [2.05, 4.69) is 26.1 Å². The Labute approximate surface area is 152 Å². The molecule has 0 spiro atoms. The van der Waals surface area contributed by atoms with E-state index in [0.717, 1.165) is 43.8 Å². The fraction of sp³-hybridized carbons (Fsp3) is 0.176. The van der Waals surface area contributed by atoms with E-state index in [1.54, 1.807) is 11.8 Å². The minimum atomic E-state index is 0.280. The molecule has 7 heteroatoms. The first kappa shape index (κ1) is 15.5. The second-order valence-corrected chi connectivity index (χ2v) is 7.11. The Morgan fingerprint density at radius 3 is 2.67 bits per heavy atom. The standard InChI is InChI=1S/C17H14BrN3O2S/c1-21-16(11-5-3-2-4-6-11)19-20-17(21)24-9-12-7-14-15(8-13(12)18)23-10-22-14/h2-8H,9-10H2,1H3. The second-order valence-electron chi connectivity index (χ2n) is 5.32. The summed E-state index contributed by atoms with van der Waals surface area (Å²) in [4.78, 5) is 0. The van der Waals surface area contributed by atoms with Crippen molar-refractivity contribution < 1.29 is 9.47 Å². The smallest absolute Gasteiger partial charge is 0.231 e. The van der Waals surface area contributed by atoms with Crippen molar-refractivity contribution in [2.45, 2.75) is 10.9 Å². The van der Waals surface area contributed by atoms with Gasteiger partial charge in [-0.3, -0.25) is 0 Å². The van der Waals surface area contributed by atoms with Crippen LogP contribution >= 0.6 is 27.7 Å². The normalized spacial score (nSPS) is 12.6. The molecule has 1 aliphatic rings. The summed E-state index contributed by atoms with van der Waals surface area (Å²) < 4.78 is 13.8. The highest BCUT2D eigenvalue weighted by Crippen LogP contribution is 2.38. The van der Waals surface area contributed by atoms with E-state index in [-0.39, 0.29) is 6.79 Å². The van der Waals surface area contributed by atoms with E-state index in [9.17, 15) is 0 Å². The number of ether oxygens (including phenoxy) is 2. The zero-order valence-corrected chi connectivity index (χ0v) is 15.3. The summed E-state index contributed by atoms with van der Waals surface area (Å²) in [5, 5.41) is 9.50. The molecule has 1 aliphatic heterocycles. The Hall–Kier alpha value is -1.99. The van der Waals surface area contributed by atoms with E-state index >= 15 is 0 Å². The molecular formula is C17H14BrN3O2S. The fourth-order valence-electron chi connectivity index (χ4n) is 2.49. The van der Waals surface area contributed by atoms with Gasteiger partial charge in [0.05, 0.1) is 0 Å². The highest BCUT2D eigenvalue weighted by molar-refractivity contribution is 9.10. The summed E-state index contributed by atoms with van der Waals surface area (Å²) in [5.74, 6) is 3.19. The molecule has 1 aromatic heterocycles. The monoisotopic (exact) mass is 403 g/mol. The molecule has 0 radical (unpaired) electrons. The zero-order valence-electron chi connectivity index (χ0n) is 12.9. The van der Waals surface area contributed by atoms with Crippen LogP contribution in [0.4, 0.5) is 0 Å². The molecule has 0 unspecified atom stereocenters. The average molecular weight is 404 g/mol. The zero-order chi connectivity index (χ0) is 16.5. The van der Waals surface area contributed by atoms with Gasteiger partial charge in [-0.15, -0.1) is 10.2 Å². The van der Waals surface area contributed by atoms with E-state index in [4.69, 9.17) is 9.47 Å². The number of aromatic nitrogens is 3. The van der Waals surface area contributed by atoms with Crippen molar-refractivity contribution in [3.05, 3.63) is 52.5 Å². The van der Waals surface area contributed by atoms with Crippen LogP contribution < -0.4 is 9.47 Å². The van der Waals surface area contributed by atoms with Gasteiger partial charge < -0.3 is 14.0 Å². The Morgan fingerprint density at radius 2 is 1.88 bits per heavy atom. The highest BCUT2D eigenvalue weighted by Gasteiger charge is 2.17. The van der Waals surface area contributed by atoms with Crippen LogP contribution in [0.2, 0.25) is 0 Å². The van der Waals surface area contributed by atoms with Gasteiger partial charge >= 0.3 is 0 Å². The maximum absolute atomic E-state index is 5.45. The number of thioether (sulfide) groups is 1. The molecule has 5 nitrogen and oxygen atoms in total. The van der Waals surface area contributed by atoms with Crippen LogP contribution in [0.3, 0.4) is 0 Å². The number of fused-ring (bicyclic) bond motifs is 1. The van der Waals surface area contributed by atoms with Crippen molar-refractivity contribution >= 4 is 27.7 Å². The van der Waals surface area contributed by atoms with Gasteiger partial charge in [0.2, 0.25) is 6.79 Å². The summed E-state index contributed by atoms with van der Waals surface area (Å²) in [7, 11) is 1.99. The lowest BCUT2D eigenvalue weighted by Gasteiger charge is -2.07. The first-order valence-electron chi connectivity index (χ1n) is 7.38. The summed E-state index contributed by atoms with van der Waals surface area (Å²) in [5.41, 5.74) is 2.19. The molecule has 0 saturated heterocycles. The number of hydrogen-bond donors (Lipinski definition) is 0. The van der Waals surface area contributed by atoms with Crippen LogP contribution in [0.25, 0.3) is 11.4 Å². The Bertz CT molecular complexity index is 883. The van der Waals surface area contributed by atoms with Crippen molar-refractivity contribution in [2.24, 2.45) is 7.05 Å². The number of halogens is 1. The molecule has 2 aromatic carbocycles. The molecule has 0 aliphatic carbocycles. The Morgan fingerprint density at radius 1 is 1.12 bits per heavy atom. The number of hydrogen-bond acceptors (Lipinski definition) is 5. The second kappa shape index (κ2) is 6.49. The van der Waals surface area contributed by atoms with Crippen molar-refractivity contribution in [2.75, 3.05) is 6.79 Å². The third kappa shape index (κ3) is 2.89. The molecular weight excluding hydrogens is 390 g/mol. The van der Waals surface area contributed by atoms with E-state index in [1.807, 2.05) is 54.1 Å². The minimum Gasteiger partial charge on any atom is -0.454 e. The summed E-state index contributed by atoms with van der Waals surface area (Å²) in [6.45, 7) is 0.280. The maximum Gasteiger partial charge on any atom is 0.231 e. The summed E-state index contributed by atoms with van der Waals surface area (Å²) in [6.07, 6.45) is 0. The van der Waals surface area contributed by atoms with Crippen LogP contribution in [-0.4, -0.2) is 21.6 Å². The quantitative estimate of drug-likeness (QED) is 0.608. The predicted octanol–water partition coefficient (Wildman–Crippen LogP) is 4.27. The average Bonchev–Trinajstić information content (AvgIpc) is 3.19. The van der Waals surface area contributed by atoms with E-state index in [1.165, 1.54) is 0 Å². The summed E-state index contributed by atoms with van der Waals surface area (Å²) >= 11 is 5.23. The predicted molar refractivity (Wildman–Crippen MR) is 96.3 cm³/mol.